The van der Waals surface area contributed by atoms with Crippen molar-refractivity contribution in [3.05, 3.63) is 76.6 Å². The van der Waals surface area contributed by atoms with Crippen molar-refractivity contribution in [1.82, 2.24) is 19.5 Å². The molecule has 0 saturated heterocycles. The van der Waals surface area contributed by atoms with Crippen LogP contribution in [0.1, 0.15) is 27.8 Å². The number of rotatable bonds is 6. The maximum atomic E-state index is 12.8. The number of carbonyl (C=O) groups excluding carboxylic acids is 1. The van der Waals surface area contributed by atoms with Crippen LogP contribution in [0.25, 0.3) is 16.9 Å². The summed E-state index contributed by atoms with van der Waals surface area (Å²) in [5.41, 5.74) is 0.526. The van der Waals surface area contributed by atoms with E-state index in [1.165, 1.54) is 29.1 Å². The van der Waals surface area contributed by atoms with E-state index in [9.17, 15) is 19.5 Å². The van der Waals surface area contributed by atoms with Crippen LogP contribution in [0.2, 0.25) is 0 Å². The Morgan fingerprint density at radius 1 is 1.16 bits per heavy atom. The average molecular weight is 419 g/mol. The van der Waals surface area contributed by atoms with Crippen molar-refractivity contribution in [1.29, 1.82) is 0 Å². The number of amides is 1. The number of aromatic carboxylic acids is 1. The van der Waals surface area contributed by atoms with Gasteiger partial charge in [-0.05, 0) is 49.4 Å². The molecule has 31 heavy (non-hydrogen) atoms. The number of hydrogen-bond donors (Lipinski definition) is 3. The smallest absolute Gasteiger partial charge is 0.335 e. The molecule has 0 atom stereocenters. The molecule has 0 spiro atoms. The number of carbonyl (C=O) groups is 2. The number of ether oxygens (including phenoxy) is 1. The molecule has 4 rings (SSSR count). The fourth-order valence-corrected chi connectivity index (χ4v) is 3.10. The van der Waals surface area contributed by atoms with Crippen molar-refractivity contribution in [2.24, 2.45) is 0 Å². The van der Waals surface area contributed by atoms with E-state index in [4.69, 9.17) is 4.74 Å². The van der Waals surface area contributed by atoms with Gasteiger partial charge in [0, 0.05) is 5.69 Å². The number of aromatic amines is 1. The molecule has 0 radical (unpaired) electrons. The van der Waals surface area contributed by atoms with Crippen LogP contribution in [-0.2, 0) is 0 Å². The Hall–Kier alpha value is -4.47. The van der Waals surface area contributed by atoms with Crippen LogP contribution < -0.4 is 15.7 Å². The minimum atomic E-state index is -1.13. The summed E-state index contributed by atoms with van der Waals surface area (Å²) < 4.78 is 6.57. The van der Waals surface area contributed by atoms with E-state index in [0.717, 1.165) is 0 Å². The summed E-state index contributed by atoms with van der Waals surface area (Å²) in [5, 5.41) is 11.9. The number of fused-ring (bicyclic) bond motifs is 1. The third kappa shape index (κ3) is 3.86. The summed E-state index contributed by atoms with van der Waals surface area (Å²) in [6, 6.07) is 12.7. The van der Waals surface area contributed by atoms with Crippen LogP contribution in [0.5, 0.6) is 5.75 Å². The third-order valence-electron chi connectivity index (χ3n) is 4.46. The molecule has 2 heterocycles. The Labute approximate surface area is 175 Å². The monoisotopic (exact) mass is 419 g/mol. The molecule has 0 unspecified atom stereocenters. The average Bonchev–Trinajstić information content (AvgIpc) is 3.11. The van der Waals surface area contributed by atoms with Crippen LogP contribution in [0.15, 0.2) is 59.7 Å². The number of aromatic nitrogens is 4. The van der Waals surface area contributed by atoms with Crippen LogP contribution in [-0.4, -0.2) is 43.1 Å². The van der Waals surface area contributed by atoms with Gasteiger partial charge in [0.25, 0.3) is 5.91 Å². The molecule has 10 nitrogen and oxygen atoms in total. The zero-order chi connectivity index (χ0) is 22.0. The summed E-state index contributed by atoms with van der Waals surface area (Å²) in [5.74, 6) is -0.987. The largest absolute Gasteiger partial charge is 0.494 e. The summed E-state index contributed by atoms with van der Waals surface area (Å²) in [6.45, 7) is 2.41. The van der Waals surface area contributed by atoms with Gasteiger partial charge in [-0.15, -0.1) is 0 Å². The number of imidazole rings is 1. The molecular formula is C21H17N5O5. The first-order valence-corrected chi connectivity index (χ1v) is 9.31. The van der Waals surface area contributed by atoms with Gasteiger partial charge in [-0.2, -0.15) is 0 Å². The lowest BCUT2D eigenvalue weighted by atomic mass is 10.2. The summed E-state index contributed by atoms with van der Waals surface area (Å²) >= 11 is 0. The molecule has 2 aromatic heterocycles. The van der Waals surface area contributed by atoms with E-state index >= 15 is 0 Å². The molecule has 4 aromatic rings. The van der Waals surface area contributed by atoms with Crippen molar-refractivity contribution in [2.75, 3.05) is 11.9 Å². The molecule has 10 heteroatoms. The Kier molecular flexibility index (Phi) is 5.19. The Bertz CT molecular complexity index is 1340. The molecule has 2 aromatic carbocycles. The lowest BCUT2D eigenvalue weighted by Gasteiger charge is -2.07. The van der Waals surface area contributed by atoms with Gasteiger partial charge in [0.05, 0.1) is 17.9 Å². The van der Waals surface area contributed by atoms with Crippen LogP contribution in [0.4, 0.5) is 5.69 Å². The summed E-state index contributed by atoms with van der Waals surface area (Å²) in [4.78, 5) is 47.4. The molecular weight excluding hydrogens is 402 g/mol. The fraction of sp³-hybridized carbons (Fsp3) is 0.0952. The zero-order valence-electron chi connectivity index (χ0n) is 16.3. The number of nitrogens with one attached hydrogen (secondary N) is 2. The predicted molar refractivity (Wildman–Crippen MR) is 112 cm³/mol. The molecule has 156 valence electrons. The van der Waals surface area contributed by atoms with E-state index in [0.29, 0.717) is 23.7 Å². The van der Waals surface area contributed by atoms with E-state index in [1.807, 2.05) is 6.92 Å². The number of carboxylic acid groups (broad SMARTS) is 1. The van der Waals surface area contributed by atoms with E-state index in [-0.39, 0.29) is 22.4 Å². The first-order chi connectivity index (χ1) is 15.0. The fourth-order valence-electron chi connectivity index (χ4n) is 3.10. The standard InChI is InChI=1S/C21H17N5O5/c1-2-31-15-8-6-13(7-9-15)24-19(27)17-16-18(23-11-22-17)26(21(30)25-16)14-5-3-4-12(10-14)20(28)29/h3-11H,2H2,1H3,(H,24,27)(H,25,30)(H,28,29). The molecule has 0 bridgehead atoms. The van der Waals surface area contributed by atoms with E-state index in [2.05, 4.69) is 20.3 Å². The van der Waals surface area contributed by atoms with Gasteiger partial charge in [0.2, 0.25) is 0 Å². The van der Waals surface area contributed by atoms with Gasteiger partial charge < -0.3 is 20.1 Å². The lowest BCUT2D eigenvalue weighted by molar-refractivity contribution is 0.0696. The van der Waals surface area contributed by atoms with E-state index < -0.39 is 17.6 Å². The highest BCUT2D eigenvalue weighted by molar-refractivity contribution is 6.09. The van der Waals surface area contributed by atoms with Gasteiger partial charge in [0.15, 0.2) is 11.3 Å². The van der Waals surface area contributed by atoms with Crippen molar-refractivity contribution in [3.63, 3.8) is 0 Å². The first kappa shape index (κ1) is 19.8. The van der Waals surface area contributed by atoms with Crippen molar-refractivity contribution < 1.29 is 19.4 Å². The quantitative estimate of drug-likeness (QED) is 0.436. The molecule has 0 aliphatic heterocycles. The molecule has 0 fully saturated rings. The Morgan fingerprint density at radius 3 is 2.65 bits per heavy atom. The maximum absolute atomic E-state index is 12.8. The van der Waals surface area contributed by atoms with Crippen molar-refractivity contribution >= 4 is 28.7 Å². The lowest BCUT2D eigenvalue weighted by Crippen LogP contribution is -2.15. The predicted octanol–water partition coefficient (Wildman–Crippen LogP) is 2.46. The number of nitrogens with zero attached hydrogens (tertiary/aromatic N) is 3. The minimum Gasteiger partial charge on any atom is -0.494 e. The third-order valence-corrected chi connectivity index (χ3v) is 4.46. The molecule has 0 saturated carbocycles. The SMILES string of the molecule is CCOc1ccc(NC(=O)c2ncnc3c2[nH]c(=O)n3-c2cccc(C(=O)O)c2)cc1. The molecule has 1 amide bonds. The van der Waals surface area contributed by atoms with Gasteiger partial charge in [-0.1, -0.05) is 6.07 Å². The molecule has 0 aliphatic carbocycles. The Morgan fingerprint density at radius 2 is 1.94 bits per heavy atom. The van der Waals surface area contributed by atoms with Gasteiger partial charge in [-0.3, -0.25) is 4.79 Å². The van der Waals surface area contributed by atoms with Crippen molar-refractivity contribution in [2.45, 2.75) is 6.92 Å². The second-order valence-electron chi connectivity index (χ2n) is 6.45. The topological polar surface area (TPSA) is 139 Å². The summed E-state index contributed by atoms with van der Waals surface area (Å²) in [7, 11) is 0. The first-order valence-electron chi connectivity index (χ1n) is 9.31. The normalized spacial score (nSPS) is 10.7. The highest BCUT2D eigenvalue weighted by Crippen LogP contribution is 2.19. The number of anilines is 1. The highest BCUT2D eigenvalue weighted by Gasteiger charge is 2.19. The van der Waals surface area contributed by atoms with Crippen molar-refractivity contribution in [3.8, 4) is 11.4 Å². The van der Waals surface area contributed by atoms with Gasteiger partial charge >= 0.3 is 11.7 Å². The Balaban J connectivity index is 1.71. The number of H-pyrrole nitrogens is 1. The second kappa shape index (κ2) is 8.11. The minimum absolute atomic E-state index is 0.0151. The second-order valence-corrected chi connectivity index (χ2v) is 6.45. The van der Waals surface area contributed by atoms with Gasteiger partial charge in [0.1, 0.15) is 17.6 Å². The number of benzene rings is 2. The molecule has 0 aliphatic rings. The summed E-state index contributed by atoms with van der Waals surface area (Å²) in [6.07, 6.45) is 1.17. The van der Waals surface area contributed by atoms with E-state index in [1.54, 1.807) is 30.3 Å². The number of hydrogen-bond acceptors (Lipinski definition) is 6. The van der Waals surface area contributed by atoms with Crippen LogP contribution >= 0.6 is 0 Å². The van der Waals surface area contributed by atoms with Gasteiger partial charge in [-0.25, -0.2) is 24.1 Å². The zero-order valence-corrected chi connectivity index (χ0v) is 16.3. The van der Waals surface area contributed by atoms with Crippen LogP contribution in [0.3, 0.4) is 0 Å². The molecule has 3 N–H and O–H groups in total. The maximum Gasteiger partial charge on any atom is 0.335 e. The highest BCUT2D eigenvalue weighted by atomic mass is 16.5. The number of carboxylic acids is 1. The van der Waals surface area contributed by atoms with Crippen LogP contribution in [0, 0.1) is 0 Å².